The summed E-state index contributed by atoms with van der Waals surface area (Å²) in [4.78, 5) is 13.3. The van der Waals surface area contributed by atoms with Crippen molar-refractivity contribution in [2.24, 2.45) is 0 Å². The standard InChI is InChI=1S/C13H18BrNO/c1-13(2,9-14)11-7-5-10(6-8-11)12(16)15(3)4/h5-8H,9H2,1-4H3. The van der Waals surface area contributed by atoms with Gasteiger partial charge in [-0.25, -0.2) is 0 Å². The first-order valence-corrected chi connectivity index (χ1v) is 6.39. The first-order valence-electron chi connectivity index (χ1n) is 5.26. The van der Waals surface area contributed by atoms with E-state index in [4.69, 9.17) is 0 Å². The molecular formula is C13H18BrNO. The number of benzene rings is 1. The van der Waals surface area contributed by atoms with Crippen molar-refractivity contribution in [2.75, 3.05) is 19.4 Å². The van der Waals surface area contributed by atoms with E-state index in [1.54, 1.807) is 19.0 Å². The molecule has 1 rings (SSSR count). The largest absolute Gasteiger partial charge is 0.345 e. The Labute approximate surface area is 106 Å². The summed E-state index contributed by atoms with van der Waals surface area (Å²) in [7, 11) is 3.53. The number of carbonyl (C=O) groups is 1. The lowest BCUT2D eigenvalue weighted by molar-refractivity contribution is 0.0827. The van der Waals surface area contributed by atoms with Gasteiger partial charge in [0.15, 0.2) is 0 Å². The van der Waals surface area contributed by atoms with E-state index in [-0.39, 0.29) is 11.3 Å². The van der Waals surface area contributed by atoms with Crippen molar-refractivity contribution in [3.05, 3.63) is 35.4 Å². The van der Waals surface area contributed by atoms with E-state index in [1.165, 1.54) is 5.56 Å². The molecule has 0 fully saturated rings. The Kier molecular flexibility index (Phi) is 4.14. The molecule has 1 aromatic rings. The van der Waals surface area contributed by atoms with Crippen LogP contribution in [0.1, 0.15) is 29.8 Å². The van der Waals surface area contributed by atoms with Gasteiger partial charge in [0, 0.05) is 25.0 Å². The van der Waals surface area contributed by atoms with Gasteiger partial charge in [0.25, 0.3) is 5.91 Å². The second-order valence-corrected chi connectivity index (χ2v) is 5.36. The summed E-state index contributed by atoms with van der Waals surface area (Å²) < 4.78 is 0. The van der Waals surface area contributed by atoms with Crippen LogP contribution >= 0.6 is 15.9 Å². The average Bonchev–Trinajstić information content (AvgIpc) is 2.28. The van der Waals surface area contributed by atoms with Gasteiger partial charge in [-0.3, -0.25) is 4.79 Å². The SMILES string of the molecule is CN(C)C(=O)c1ccc(C(C)(C)CBr)cc1. The highest BCUT2D eigenvalue weighted by Gasteiger charge is 2.19. The first kappa shape index (κ1) is 13.2. The van der Waals surface area contributed by atoms with Gasteiger partial charge < -0.3 is 4.90 Å². The lowest BCUT2D eigenvalue weighted by Crippen LogP contribution is -2.22. The predicted octanol–water partition coefficient (Wildman–Crippen LogP) is 3.06. The fourth-order valence-corrected chi connectivity index (χ4v) is 1.72. The van der Waals surface area contributed by atoms with Crippen LogP contribution in [0.25, 0.3) is 0 Å². The number of amides is 1. The second-order valence-electron chi connectivity index (χ2n) is 4.79. The summed E-state index contributed by atoms with van der Waals surface area (Å²) >= 11 is 3.50. The molecule has 0 bridgehead atoms. The van der Waals surface area contributed by atoms with Gasteiger partial charge in [0.1, 0.15) is 0 Å². The predicted molar refractivity (Wildman–Crippen MR) is 71.3 cm³/mol. The van der Waals surface area contributed by atoms with Crippen molar-refractivity contribution in [1.82, 2.24) is 4.90 Å². The molecule has 2 nitrogen and oxygen atoms in total. The Morgan fingerprint density at radius 3 is 2.12 bits per heavy atom. The summed E-state index contributed by atoms with van der Waals surface area (Å²) in [6.45, 7) is 4.34. The summed E-state index contributed by atoms with van der Waals surface area (Å²) in [6.07, 6.45) is 0. The molecule has 88 valence electrons. The lowest BCUT2D eigenvalue weighted by Gasteiger charge is -2.22. The zero-order valence-electron chi connectivity index (χ0n) is 10.2. The topological polar surface area (TPSA) is 20.3 Å². The molecule has 1 amide bonds. The van der Waals surface area contributed by atoms with Crippen LogP contribution in [0.5, 0.6) is 0 Å². The first-order chi connectivity index (χ1) is 7.38. The van der Waals surface area contributed by atoms with Crippen molar-refractivity contribution < 1.29 is 4.79 Å². The van der Waals surface area contributed by atoms with E-state index in [2.05, 4.69) is 29.8 Å². The van der Waals surface area contributed by atoms with E-state index in [1.807, 2.05) is 24.3 Å². The molecular weight excluding hydrogens is 266 g/mol. The Morgan fingerprint density at radius 2 is 1.75 bits per heavy atom. The normalized spacial score (nSPS) is 11.3. The molecule has 0 saturated carbocycles. The minimum absolute atomic E-state index is 0.0446. The Balaban J connectivity index is 2.96. The molecule has 0 aliphatic carbocycles. The molecule has 0 atom stereocenters. The molecule has 3 heteroatoms. The van der Waals surface area contributed by atoms with Crippen LogP contribution in [-0.2, 0) is 5.41 Å². The van der Waals surface area contributed by atoms with Crippen LogP contribution in [0.3, 0.4) is 0 Å². The van der Waals surface area contributed by atoms with E-state index < -0.39 is 0 Å². The molecule has 0 aliphatic heterocycles. The minimum atomic E-state index is 0.0446. The molecule has 0 aromatic heterocycles. The minimum Gasteiger partial charge on any atom is -0.345 e. The Hall–Kier alpha value is -0.830. The van der Waals surface area contributed by atoms with Gasteiger partial charge in [-0.1, -0.05) is 41.9 Å². The molecule has 0 unspecified atom stereocenters. The molecule has 16 heavy (non-hydrogen) atoms. The number of alkyl halides is 1. The molecule has 0 saturated heterocycles. The third-order valence-corrected chi connectivity index (χ3v) is 4.06. The van der Waals surface area contributed by atoms with Gasteiger partial charge in [-0.05, 0) is 23.1 Å². The number of carbonyl (C=O) groups excluding carboxylic acids is 1. The van der Waals surface area contributed by atoms with Gasteiger partial charge in [-0.2, -0.15) is 0 Å². The molecule has 1 aromatic carbocycles. The van der Waals surface area contributed by atoms with Crippen LogP contribution in [0.4, 0.5) is 0 Å². The summed E-state index contributed by atoms with van der Waals surface area (Å²) in [5.74, 6) is 0.0446. The number of halogens is 1. The van der Waals surface area contributed by atoms with Gasteiger partial charge in [0.2, 0.25) is 0 Å². The van der Waals surface area contributed by atoms with Crippen LogP contribution in [0.2, 0.25) is 0 Å². The van der Waals surface area contributed by atoms with E-state index in [0.29, 0.717) is 0 Å². The highest BCUT2D eigenvalue weighted by molar-refractivity contribution is 9.09. The number of hydrogen-bond donors (Lipinski definition) is 0. The fraction of sp³-hybridized carbons (Fsp3) is 0.462. The highest BCUT2D eigenvalue weighted by atomic mass is 79.9. The van der Waals surface area contributed by atoms with Gasteiger partial charge >= 0.3 is 0 Å². The van der Waals surface area contributed by atoms with Gasteiger partial charge in [-0.15, -0.1) is 0 Å². The van der Waals surface area contributed by atoms with Crippen LogP contribution in [0.15, 0.2) is 24.3 Å². The average molecular weight is 284 g/mol. The van der Waals surface area contributed by atoms with E-state index in [0.717, 1.165) is 10.9 Å². The molecule has 0 radical (unpaired) electrons. The fourth-order valence-electron chi connectivity index (χ4n) is 1.40. The van der Waals surface area contributed by atoms with Crippen LogP contribution < -0.4 is 0 Å². The molecule has 0 aliphatic rings. The van der Waals surface area contributed by atoms with Crippen LogP contribution in [0, 0.1) is 0 Å². The van der Waals surface area contributed by atoms with Crippen molar-refractivity contribution in [3.63, 3.8) is 0 Å². The van der Waals surface area contributed by atoms with Gasteiger partial charge in [0.05, 0.1) is 0 Å². The molecule has 0 N–H and O–H groups in total. The maximum atomic E-state index is 11.7. The quantitative estimate of drug-likeness (QED) is 0.781. The number of nitrogens with zero attached hydrogens (tertiary/aromatic N) is 1. The Bertz CT molecular complexity index is 368. The highest BCUT2D eigenvalue weighted by Crippen LogP contribution is 2.25. The lowest BCUT2D eigenvalue weighted by atomic mass is 9.86. The smallest absolute Gasteiger partial charge is 0.253 e. The van der Waals surface area contributed by atoms with Crippen molar-refractivity contribution >= 4 is 21.8 Å². The van der Waals surface area contributed by atoms with E-state index in [9.17, 15) is 4.79 Å². The number of rotatable bonds is 3. The van der Waals surface area contributed by atoms with Crippen LogP contribution in [-0.4, -0.2) is 30.2 Å². The summed E-state index contributed by atoms with van der Waals surface area (Å²) in [5, 5.41) is 0.904. The molecule has 0 spiro atoms. The van der Waals surface area contributed by atoms with Crippen molar-refractivity contribution in [2.45, 2.75) is 19.3 Å². The summed E-state index contributed by atoms with van der Waals surface area (Å²) in [6, 6.07) is 7.83. The Morgan fingerprint density at radius 1 is 1.25 bits per heavy atom. The van der Waals surface area contributed by atoms with Crippen molar-refractivity contribution in [3.8, 4) is 0 Å². The third-order valence-electron chi connectivity index (χ3n) is 2.65. The second kappa shape index (κ2) is 5.00. The van der Waals surface area contributed by atoms with Crippen molar-refractivity contribution in [1.29, 1.82) is 0 Å². The maximum Gasteiger partial charge on any atom is 0.253 e. The monoisotopic (exact) mass is 283 g/mol. The zero-order valence-corrected chi connectivity index (χ0v) is 11.8. The molecule has 0 heterocycles. The summed E-state index contributed by atoms with van der Waals surface area (Å²) in [5.41, 5.74) is 2.07. The van der Waals surface area contributed by atoms with E-state index >= 15 is 0 Å². The third kappa shape index (κ3) is 2.85. The zero-order chi connectivity index (χ0) is 12.3. The number of hydrogen-bond acceptors (Lipinski definition) is 1. The maximum absolute atomic E-state index is 11.7.